The van der Waals surface area contributed by atoms with Gasteiger partial charge in [0, 0.05) is 21.2 Å². The molecule has 1 rings (SSSR count). The highest BCUT2D eigenvalue weighted by Gasteiger charge is 2.31. The summed E-state index contributed by atoms with van der Waals surface area (Å²) in [7, 11) is 0.880. The molecule has 0 aliphatic carbocycles. The van der Waals surface area contributed by atoms with E-state index in [1.807, 2.05) is 0 Å². The van der Waals surface area contributed by atoms with Crippen LogP contribution in [0.3, 0.4) is 0 Å². The monoisotopic (exact) mass is 338 g/mol. The van der Waals surface area contributed by atoms with Gasteiger partial charge in [-0.25, -0.2) is 8.42 Å². The number of rotatable bonds is 2. The number of ether oxygens (including phenoxy) is 1. The zero-order valence-electron chi connectivity index (χ0n) is 7.25. The molecule has 0 unspecified atom stereocenters. The Kier molecular flexibility index (Phi) is 3.76. The van der Waals surface area contributed by atoms with Gasteiger partial charge in [0.15, 0.2) is 0 Å². The molecule has 0 aromatic heterocycles. The predicted octanol–water partition coefficient (Wildman–Crippen LogP) is 3.28. The second-order valence-corrected chi connectivity index (χ2v) is 6.09. The van der Waals surface area contributed by atoms with Crippen LogP contribution in [-0.2, 0) is 9.05 Å². The molecule has 0 amide bonds. The third-order valence-electron chi connectivity index (χ3n) is 1.36. The zero-order chi connectivity index (χ0) is 12.6. The maximum Gasteiger partial charge on any atom is 0.573 e. The van der Waals surface area contributed by atoms with Gasteiger partial charge in [0.05, 0.1) is 4.90 Å². The number of hydrogen-bond acceptors (Lipinski definition) is 3. The Morgan fingerprint density at radius 2 is 1.81 bits per heavy atom. The van der Waals surface area contributed by atoms with E-state index in [9.17, 15) is 21.6 Å². The van der Waals surface area contributed by atoms with E-state index in [4.69, 9.17) is 10.7 Å². The summed E-state index contributed by atoms with van der Waals surface area (Å²) >= 11 is 2.84. The van der Waals surface area contributed by atoms with E-state index < -0.39 is 26.1 Å². The van der Waals surface area contributed by atoms with Crippen LogP contribution in [0.2, 0.25) is 0 Å². The largest absolute Gasteiger partial charge is 0.573 e. The number of halogens is 5. The highest BCUT2D eigenvalue weighted by molar-refractivity contribution is 9.10. The molecule has 0 saturated carbocycles. The normalized spacial score (nSPS) is 12.6. The minimum atomic E-state index is -4.89. The molecule has 0 spiro atoms. The lowest BCUT2D eigenvalue weighted by Gasteiger charge is -2.09. The third-order valence-corrected chi connectivity index (χ3v) is 3.15. The quantitative estimate of drug-likeness (QED) is 0.777. The minimum absolute atomic E-state index is 0.105. The Balaban J connectivity index is 3.19. The smallest absolute Gasteiger partial charge is 0.406 e. The Morgan fingerprint density at radius 3 is 2.25 bits per heavy atom. The van der Waals surface area contributed by atoms with Gasteiger partial charge in [-0.1, -0.05) is 15.9 Å². The van der Waals surface area contributed by atoms with E-state index in [1.165, 1.54) is 0 Å². The molecule has 0 bridgehead atoms. The summed E-state index contributed by atoms with van der Waals surface area (Å²) in [6, 6.07) is 2.71. The first-order chi connectivity index (χ1) is 7.08. The molecule has 1 aromatic carbocycles. The van der Waals surface area contributed by atoms with Crippen molar-refractivity contribution in [1.29, 1.82) is 0 Å². The van der Waals surface area contributed by atoms with E-state index in [0.717, 1.165) is 12.1 Å². The molecule has 0 saturated heterocycles. The Bertz CT molecular complexity index is 500. The molecule has 3 nitrogen and oxygen atoms in total. The predicted molar refractivity (Wildman–Crippen MR) is 53.9 cm³/mol. The summed E-state index contributed by atoms with van der Waals surface area (Å²) < 4.78 is 61.1. The minimum Gasteiger partial charge on any atom is -0.406 e. The first kappa shape index (κ1) is 13.6. The van der Waals surface area contributed by atoms with Crippen molar-refractivity contribution in [3.63, 3.8) is 0 Å². The lowest BCUT2D eigenvalue weighted by molar-refractivity contribution is -0.274. The topological polar surface area (TPSA) is 43.4 Å². The Labute approximate surface area is 102 Å². The van der Waals surface area contributed by atoms with Crippen molar-refractivity contribution in [2.24, 2.45) is 0 Å². The summed E-state index contributed by atoms with van der Waals surface area (Å²) in [5.74, 6) is -0.666. The van der Waals surface area contributed by atoms with Crippen molar-refractivity contribution in [3.8, 4) is 5.75 Å². The van der Waals surface area contributed by atoms with Gasteiger partial charge >= 0.3 is 6.36 Å². The van der Waals surface area contributed by atoms with Crippen molar-refractivity contribution in [2.45, 2.75) is 11.3 Å². The van der Waals surface area contributed by atoms with Gasteiger partial charge in [-0.15, -0.1) is 13.2 Å². The summed E-state index contributed by atoms with van der Waals surface area (Å²) in [5, 5.41) is 0. The van der Waals surface area contributed by atoms with Gasteiger partial charge in [0.1, 0.15) is 5.75 Å². The lowest BCUT2D eigenvalue weighted by atomic mass is 10.3. The maximum absolute atomic E-state index is 11.9. The van der Waals surface area contributed by atoms with Crippen LogP contribution in [0.1, 0.15) is 0 Å². The molecule has 0 radical (unpaired) electrons. The SMILES string of the molecule is O=S(=O)(Cl)c1cc(Br)cc(OC(F)(F)F)c1. The van der Waals surface area contributed by atoms with Crippen LogP contribution < -0.4 is 4.74 Å². The standard InChI is InChI=1S/C7H3BrClF3O3S/c8-4-1-5(15-7(10,11)12)3-6(2-4)16(9,13)14/h1-3H. The van der Waals surface area contributed by atoms with Gasteiger partial charge in [-0.3, -0.25) is 0 Å². The fourth-order valence-corrected chi connectivity index (χ4v) is 2.29. The average molecular weight is 340 g/mol. The van der Waals surface area contributed by atoms with E-state index >= 15 is 0 Å². The summed E-state index contributed by atoms with van der Waals surface area (Å²) in [5.41, 5.74) is 0. The Morgan fingerprint density at radius 1 is 1.25 bits per heavy atom. The van der Waals surface area contributed by atoms with Crippen molar-refractivity contribution in [2.75, 3.05) is 0 Å². The van der Waals surface area contributed by atoms with Crippen LogP contribution in [0.25, 0.3) is 0 Å². The first-order valence-electron chi connectivity index (χ1n) is 3.59. The van der Waals surface area contributed by atoms with E-state index in [-0.39, 0.29) is 4.47 Å². The molecule has 0 N–H and O–H groups in total. The van der Waals surface area contributed by atoms with Crippen LogP contribution in [0.5, 0.6) is 5.75 Å². The van der Waals surface area contributed by atoms with E-state index in [0.29, 0.717) is 6.07 Å². The third kappa shape index (κ3) is 4.18. The molecule has 90 valence electrons. The molecule has 0 aliphatic rings. The summed E-state index contributed by atoms with van der Waals surface area (Å²) in [4.78, 5) is -0.484. The molecule has 0 aliphatic heterocycles. The van der Waals surface area contributed by atoms with Gasteiger partial charge in [-0.2, -0.15) is 0 Å². The summed E-state index contributed by atoms with van der Waals surface area (Å²) in [6.45, 7) is 0. The van der Waals surface area contributed by atoms with Gasteiger partial charge in [0.25, 0.3) is 9.05 Å². The highest BCUT2D eigenvalue weighted by atomic mass is 79.9. The molecular formula is C7H3BrClF3O3S. The van der Waals surface area contributed by atoms with Crippen molar-refractivity contribution in [1.82, 2.24) is 0 Å². The van der Waals surface area contributed by atoms with Crippen LogP contribution in [0, 0.1) is 0 Å². The fourth-order valence-electron chi connectivity index (χ4n) is 0.870. The molecule has 1 aromatic rings. The van der Waals surface area contributed by atoms with Crippen LogP contribution >= 0.6 is 26.6 Å². The zero-order valence-corrected chi connectivity index (χ0v) is 10.4. The second-order valence-electron chi connectivity index (χ2n) is 2.61. The van der Waals surface area contributed by atoms with Gasteiger partial charge in [-0.05, 0) is 12.1 Å². The van der Waals surface area contributed by atoms with E-state index in [2.05, 4.69) is 20.7 Å². The van der Waals surface area contributed by atoms with Crippen LogP contribution in [0.4, 0.5) is 13.2 Å². The first-order valence-corrected chi connectivity index (χ1v) is 6.69. The molecule has 0 fully saturated rings. The van der Waals surface area contributed by atoms with Crippen molar-refractivity contribution >= 4 is 35.7 Å². The van der Waals surface area contributed by atoms with Gasteiger partial charge in [0.2, 0.25) is 0 Å². The fraction of sp³-hybridized carbons (Fsp3) is 0.143. The number of alkyl halides is 3. The van der Waals surface area contributed by atoms with Crippen molar-refractivity contribution < 1.29 is 26.3 Å². The van der Waals surface area contributed by atoms with Crippen molar-refractivity contribution in [3.05, 3.63) is 22.7 Å². The summed E-state index contributed by atoms with van der Waals surface area (Å²) in [6.07, 6.45) is -4.89. The van der Waals surface area contributed by atoms with Gasteiger partial charge < -0.3 is 4.74 Å². The molecule has 9 heteroatoms. The number of benzene rings is 1. The van der Waals surface area contributed by atoms with E-state index in [1.54, 1.807) is 0 Å². The molecule has 0 atom stereocenters. The lowest BCUT2D eigenvalue weighted by Crippen LogP contribution is -2.17. The highest BCUT2D eigenvalue weighted by Crippen LogP contribution is 2.30. The second kappa shape index (κ2) is 4.42. The molecule has 16 heavy (non-hydrogen) atoms. The Hall–Kier alpha value is -0.470. The molecule has 0 heterocycles. The van der Waals surface area contributed by atoms with Crippen LogP contribution in [-0.4, -0.2) is 14.8 Å². The molecular weight excluding hydrogens is 336 g/mol. The maximum atomic E-state index is 11.9. The number of hydrogen-bond donors (Lipinski definition) is 0. The van der Waals surface area contributed by atoms with Crippen LogP contribution in [0.15, 0.2) is 27.6 Å². The average Bonchev–Trinajstić information content (AvgIpc) is 1.97.